The highest BCUT2D eigenvalue weighted by molar-refractivity contribution is 9.10. The summed E-state index contributed by atoms with van der Waals surface area (Å²) >= 11 is 5.27. The normalized spacial score (nSPS) is 11.7. The zero-order valence-corrected chi connectivity index (χ0v) is 15.3. The lowest BCUT2D eigenvalue weighted by Crippen LogP contribution is -2.35. The molecule has 4 heteroatoms. The van der Waals surface area contributed by atoms with Gasteiger partial charge in [-0.1, -0.05) is 29.5 Å². The van der Waals surface area contributed by atoms with E-state index in [0.29, 0.717) is 0 Å². The summed E-state index contributed by atoms with van der Waals surface area (Å²) in [6.07, 6.45) is 1.83. The fourth-order valence-electron chi connectivity index (χ4n) is 1.86. The Morgan fingerprint density at radius 1 is 1.24 bits per heavy atom. The second-order valence-corrected chi connectivity index (χ2v) is 7.99. The molecule has 21 heavy (non-hydrogen) atoms. The van der Waals surface area contributed by atoms with E-state index in [2.05, 4.69) is 72.1 Å². The smallest absolute Gasteiger partial charge is 0.115 e. The Labute approximate surface area is 139 Å². The number of benzene rings is 1. The van der Waals surface area contributed by atoms with Crippen LogP contribution in [0.1, 0.15) is 31.9 Å². The third kappa shape index (κ3) is 5.13. The quantitative estimate of drug-likeness (QED) is 0.807. The zero-order valence-electron chi connectivity index (χ0n) is 12.9. The molecule has 0 radical (unpaired) electrons. The van der Waals surface area contributed by atoms with Crippen molar-refractivity contribution < 1.29 is 0 Å². The fourth-order valence-corrected chi connectivity index (χ4v) is 3.24. The first kappa shape index (κ1) is 16.5. The minimum absolute atomic E-state index is 0.108. The lowest BCUT2D eigenvalue weighted by Gasteiger charge is -2.22. The molecule has 0 saturated carbocycles. The Morgan fingerprint density at radius 3 is 2.67 bits per heavy atom. The van der Waals surface area contributed by atoms with E-state index < -0.39 is 0 Å². The lowest BCUT2D eigenvalue weighted by atomic mass is 10.1. The van der Waals surface area contributed by atoms with Crippen LogP contribution in [0.2, 0.25) is 0 Å². The Morgan fingerprint density at radius 2 is 2.00 bits per heavy atom. The number of nitrogens with one attached hydrogen (secondary N) is 1. The van der Waals surface area contributed by atoms with E-state index in [1.54, 1.807) is 11.8 Å². The van der Waals surface area contributed by atoms with Crippen LogP contribution < -0.4 is 5.32 Å². The summed E-state index contributed by atoms with van der Waals surface area (Å²) in [7, 11) is 0. The van der Waals surface area contributed by atoms with E-state index in [4.69, 9.17) is 0 Å². The van der Waals surface area contributed by atoms with Crippen LogP contribution in [0.3, 0.4) is 0 Å². The molecule has 1 aromatic heterocycles. The van der Waals surface area contributed by atoms with Crippen LogP contribution in [0, 0.1) is 6.92 Å². The van der Waals surface area contributed by atoms with Gasteiger partial charge in [-0.15, -0.1) is 0 Å². The van der Waals surface area contributed by atoms with Crippen molar-refractivity contribution in [3.05, 3.63) is 52.1 Å². The van der Waals surface area contributed by atoms with E-state index >= 15 is 0 Å². The van der Waals surface area contributed by atoms with Gasteiger partial charge in [0.05, 0.1) is 4.47 Å². The molecule has 0 unspecified atom stereocenters. The van der Waals surface area contributed by atoms with Crippen molar-refractivity contribution >= 4 is 27.7 Å². The number of nitrogens with zero attached hydrogens (tertiary/aromatic N) is 1. The molecular formula is C17H21BrN2S. The zero-order chi connectivity index (χ0) is 15.5. The summed E-state index contributed by atoms with van der Waals surface area (Å²) in [6.45, 7) is 9.55. The molecule has 0 amide bonds. The highest BCUT2D eigenvalue weighted by Gasteiger charge is 2.12. The van der Waals surface area contributed by atoms with Crippen molar-refractivity contribution in [3.63, 3.8) is 0 Å². The van der Waals surface area contributed by atoms with Gasteiger partial charge < -0.3 is 5.32 Å². The summed E-state index contributed by atoms with van der Waals surface area (Å²) in [5.41, 5.74) is 2.70. The number of aromatic nitrogens is 1. The van der Waals surface area contributed by atoms with Crippen LogP contribution in [-0.2, 0) is 6.54 Å². The van der Waals surface area contributed by atoms with Crippen LogP contribution >= 0.6 is 27.7 Å². The van der Waals surface area contributed by atoms with Gasteiger partial charge in [-0.25, -0.2) is 4.98 Å². The topological polar surface area (TPSA) is 24.9 Å². The van der Waals surface area contributed by atoms with Gasteiger partial charge in [0, 0.05) is 23.2 Å². The molecule has 0 aliphatic rings. The van der Waals surface area contributed by atoms with E-state index in [1.807, 2.05) is 18.3 Å². The molecule has 1 N–H and O–H groups in total. The highest BCUT2D eigenvalue weighted by Crippen LogP contribution is 2.34. The molecule has 0 fully saturated rings. The van der Waals surface area contributed by atoms with Crippen molar-refractivity contribution in [2.75, 3.05) is 0 Å². The molecule has 0 bridgehead atoms. The van der Waals surface area contributed by atoms with Crippen LogP contribution in [0.15, 0.2) is 50.9 Å². The Kier molecular flexibility index (Phi) is 5.47. The fraction of sp³-hybridized carbons (Fsp3) is 0.353. The first-order valence-electron chi connectivity index (χ1n) is 6.98. The minimum atomic E-state index is 0.108. The van der Waals surface area contributed by atoms with Gasteiger partial charge in [0.2, 0.25) is 0 Å². The third-order valence-electron chi connectivity index (χ3n) is 2.96. The molecule has 1 aromatic carbocycles. The van der Waals surface area contributed by atoms with Crippen LogP contribution in [0.25, 0.3) is 0 Å². The van der Waals surface area contributed by atoms with Crippen molar-refractivity contribution in [2.24, 2.45) is 0 Å². The van der Waals surface area contributed by atoms with Gasteiger partial charge in [-0.3, -0.25) is 0 Å². The number of rotatable bonds is 4. The summed E-state index contributed by atoms with van der Waals surface area (Å²) < 4.78 is 1.03. The second-order valence-electron chi connectivity index (χ2n) is 6.11. The second kappa shape index (κ2) is 6.95. The van der Waals surface area contributed by atoms with Crippen molar-refractivity contribution in [1.82, 2.24) is 10.3 Å². The predicted molar refractivity (Wildman–Crippen MR) is 93.8 cm³/mol. The maximum absolute atomic E-state index is 4.44. The van der Waals surface area contributed by atoms with E-state index in [-0.39, 0.29) is 5.54 Å². The van der Waals surface area contributed by atoms with Crippen molar-refractivity contribution in [2.45, 2.75) is 49.7 Å². The molecule has 112 valence electrons. The third-order valence-corrected chi connectivity index (χ3v) is 5.00. The summed E-state index contributed by atoms with van der Waals surface area (Å²) in [6, 6.07) is 10.5. The lowest BCUT2D eigenvalue weighted by molar-refractivity contribution is 0.422. The Bertz CT molecular complexity index is 620. The Hall–Kier alpha value is -0.840. The molecule has 0 aliphatic heterocycles. The first-order valence-corrected chi connectivity index (χ1v) is 8.59. The number of halogens is 1. The molecule has 2 nitrogen and oxygen atoms in total. The predicted octanol–water partition coefficient (Wildman–Crippen LogP) is 5.19. The van der Waals surface area contributed by atoms with Crippen LogP contribution in [0.4, 0.5) is 0 Å². The molecule has 2 aromatic rings. The maximum Gasteiger partial charge on any atom is 0.115 e. The van der Waals surface area contributed by atoms with Crippen molar-refractivity contribution in [1.29, 1.82) is 0 Å². The van der Waals surface area contributed by atoms with Crippen LogP contribution in [0.5, 0.6) is 0 Å². The number of pyridine rings is 1. The Balaban J connectivity index is 2.25. The largest absolute Gasteiger partial charge is 0.308 e. The van der Waals surface area contributed by atoms with Gasteiger partial charge in [-0.05, 0) is 67.4 Å². The number of aryl methyl sites for hydroxylation is 1. The first-order chi connectivity index (χ1) is 9.85. The minimum Gasteiger partial charge on any atom is -0.308 e. The number of hydrogen-bond donors (Lipinski definition) is 1. The highest BCUT2D eigenvalue weighted by atomic mass is 79.9. The summed E-state index contributed by atoms with van der Waals surface area (Å²) in [5, 5.41) is 4.56. The number of hydrogen-bond acceptors (Lipinski definition) is 3. The van der Waals surface area contributed by atoms with E-state index in [9.17, 15) is 0 Å². The van der Waals surface area contributed by atoms with Crippen molar-refractivity contribution in [3.8, 4) is 0 Å². The molecule has 1 heterocycles. The molecule has 0 spiro atoms. The molecule has 2 rings (SSSR count). The van der Waals surface area contributed by atoms with Crippen LogP contribution in [-0.4, -0.2) is 10.5 Å². The average Bonchev–Trinajstić information content (AvgIpc) is 2.40. The standard InChI is InChI=1S/C17H21BrN2S/c1-12-7-8-15(13(10-12)11-20-17(2,3)4)21-16-14(18)6-5-9-19-16/h5-10,20H,11H2,1-4H3. The van der Waals surface area contributed by atoms with E-state index in [1.165, 1.54) is 16.0 Å². The molecular weight excluding hydrogens is 344 g/mol. The molecule has 0 atom stereocenters. The van der Waals surface area contributed by atoms with Gasteiger partial charge in [0.25, 0.3) is 0 Å². The molecule has 0 saturated heterocycles. The molecule has 0 aliphatic carbocycles. The van der Waals surface area contributed by atoms with E-state index in [0.717, 1.165) is 16.0 Å². The van der Waals surface area contributed by atoms with Gasteiger partial charge in [-0.2, -0.15) is 0 Å². The summed E-state index contributed by atoms with van der Waals surface area (Å²) in [5.74, 6) is 0. The average molecular weight is 365 g/mol. The van der Waals surface area contributed by atoms with Gasteiger partial charge in [0.1, 0.15) is 5.03 Å². The SMILES string of the molecule is Cc1ccc(Sc2ncccc2Br)c(CNC(C)(C)C)c1. The summed E-state index contributed by atoms with van der Waals surface area (Å²) in [4.78, 5) is 5.69. The van der Waals surface area contributed by atoms with Gasteiger partial charge >= 0.3 is 0 Å². The van der Waals surface area contributed by atoms with Gasteiger partial charge in [0.15, 0.2) is 0 Å². The monoisotopic (exact) mass is 364 g/mol. The maximum atomic E-state index is 4.44.